The van der Waals surface area contributed by atoms with Gasteiger partial charge in [-0.3, -0.25) is 0 Å². The maximum absolute atomic E-state index is 5.80. The lowest BCUT2D eigenvalue weighted by Crippen LogP contribution is -2.17. The minimum atomic E-state index is 0.719. The first-order chi connectivity index (χ1) is 9.93. The highest BCUT2D eigenvalue weighted by atomic mass is 16.5. The van der Waals surface area contributed by atoms with Gasteiger partial charge in [0.05, 0.1) is 19.5 Å². The summed E-state index contributed by atoms with van der Waals surface area (Å²) in [5.41, 5.74) is 1.14. The van der Waals surface area contributed by atoms with Crippen molar-refractivity contribution in [2.45, 2.75) is 19.4 Å². The molecule has 0 saturated heterocycles. The third kappa shape index (κ3) is 3.14. The van der Waals surface area contributed by atoms with E-state index in [0.29, 0.717) is 0 Å². The predicted octanol–water partition coefficient (Wildman–Crippen LogP) is 2.77. The maximum atomic E-state index is 5.80. The van der Waals surface area contributed by atoms with Gasteiger partial charge in [0.2, 0.25) is 0 Å². The van der Waals surface area contributed by atoms with E-state index >= 15 is 0 Å². The zero-order chi connectivity index (χ0) is 13.6. The van der Waals surface area contributed by atoms with E-state index in [-0.39, 0.29) is 0 Å². The summed E-state index contributed by atoms with van der Waals surface area (Å²) in [5.74, 6) is 2.74. The fraction of sp³-hybridized carbons (Fsp3) is 0.375. The normalized spacial score (nSPS) is 14.0. The largest absolute Gasteiger partial charge is 0.490 e. The summed E-state index contributed by atoms with van der Waals surface area (Å²) in [7, 11) is 0. The molecular weight excluding hydrogens is 254 g/mol. The summed E-state index contributed by atoms with van der Waals surface area (Å²) in [6, 6.07) is 9.96. The number of ether oxygens (including phenoxy) is 2. The number of furan rings is 1. The van der Waals surface area contributed by atoms with Crippen LogP contribution in [0.2, 0.25) is 0 Å². The monoisotopic (exact) mass is 273 g/mol. The summed E-state index contributed by atoms with van der Waals surface area (Å²) in [5, 5.41) is 3.41. The van der Waals surface area contributed by atoms with E-state index in [4.69, 9.17) is 13.9 Å². The molecule has 1 N–H and O–H groups in total. The molecule has 20 heavy (non-hydrogen) atoms. The predicted molar refractivity (Wildman–Crippen MR) is 76.2 cm³/mol. The quantitative estimate of drug-likeness (QED) is 0.851. The molecule has 0 radical (unpaired) electrons. The zero-order valence-corrected chi connectivity index (χ0v) is 11.4. The molecule has 4 heteroatoms. The van der Waals surface area contributed by atoms with Crippen molar-refractivity contribution in [2.24, 2.45) is 0 Å². The number of benzene rings is 1. The van der Waals surface area contributed by atoms with E-state index in [1.165, 1.54) is 0 Å². The molecule has 0 aliphatic carbocycles. The van der Waals surface area contributed by atoms with Gasteiger partial charge in [0.15, 0.2) is 11.5 Å². The van der Waals surface area contributed by atoms with Crippen LogP contribution in [-0.4, -0.2) is 19.8 Å². The van der Waals surface area contributed by atoms with Gasteiger partial charge < -0.3 is 19.2 Å². The minimum Gasteiger partial charge on any atom is -0.490 e. The van der Waals surface area contributed by atoms with Crippen molar-refractivity contribution in [1.82, 2.24) is 5.32 Å². The molecule has 1 aliphatic heterocycles. The Labute approximate surface area is 118 Å². The second-order valence-electron chi connectivity index (χ2n) is 4.80. The second-order valence-corrected chi connectivity index (χ2v) is 4.80. The Bertz CT molecular complexity index is 537. The first kappa shape index (κ1) is 13.1. The fourth-order valence-corrected chi connectivity index (χ4v) is 2.28. The van der Waals surface area contributed by atoms with E-state index in [1.54, 1.807) is 6.26 Å². The molecule has 0 fully saturated rings. The average Bonchev–Trinajstić information content (AvgIpc) is 2.87. The van der Waals surface area contributed by atoms with E-state index in [2.05, 4.69) is 11.4 Å². The standard InChI is InChI=1S/C16H19NO3/c1-4-13(12-17-8-7-14-5-2-9-18-14)16-15(6-1)19-10-3-11-20-16/h1-2,4-6,9,17H,3,7-8,10-12H2. The molecule has 2 aromatic rings. The molecule has 3 rings (SSSR count). The van der Waals surface area contributed by atoms with E-state index in [0.717, 1.165) is 62.0 Å². The summed E-state index contributed by atoms with van der Waals surface area (Å²) >= 11 is 0. The lowest BCUT2D eigenvalue weighted by molar-refractivity contribution is 0.296. The van der Waals surface area contributed by atoms with Gasteiger partial charge in [0.25, 0.3) is 0 Å². The lowest BCUT2D eigenvalue weighted by atomic mass is 10.2. The molecule has 2 heterocycles. The molecule has 0 atom stereocenters. The van der Waals surface area contributed by atoms with Crippen LogP contribution in [0.25, 0.3) is 0 Å². The third-order valence-electron chi connectivity index (χ3n) is 3.30. The van der Waals surface area contributed by atoms with Crippen LogP contribution in [0.15, 0.2) is 41.0 Å². The highest BCUT2D eigenvalue weighted by Crippen LogP contribution is 2.33. The van der Waals surface area contributed by atoms with Gasteiger partial charge >= 0.3 is 0 Å². The van der Waals surface area contributed by atoms with E-state index in [9.17, 15) is 0 Å². The van der Waals surface area contributed by atoms with Crippen molar-refractivity contribution in [3.63, 3.8) is 0 Å². The molecule has 0 spiro atoms. The van der Waals surface area contributed by atoms with Crippen LogP contribution in [0.3, 0.4) is 0 Å². The third-order valence-corrected chi connectivity index (χ3v) is 3.30. The molecule has 0 unspecified atom stereocenters. The molecule has 0 amide bonds. The number of nitrogens with one attached hydrogen (secondary N) is 1. The number of rotatable bonds is 5. The van der Waals surface area contributed by atoms with Gasteiger partial charge in [-0.2, -0.15) is 0 Å². The van der Waals surface area contributed by atoms with Crippen molar-refractivity contribution in [3.05, 3.63) is 47.9 Å². The summed E-state index contributed by atoms with van der Waals surface area (Å²) in [6.07, 6.45) is 3.52. The van der Waals surface area contributed by atoms with Crippen LogP contribution in [0.1, 0.15) is 17.7 Å². The van der Waals surface area contributed by atoms with Gasteiger partial charge in [0, 0.05) is 31.5 Å². The molecule has 1 aromatic carbocycles. The van der Waals surface area contributed by atoms with Gasteiger partial charge in [0.1, 0.15) is 5.76 Å². The minimum absolute atomic E-state index is 0.719. The number of hydrogen-bond donors (Lipinski definition) is 1. The topological polar surface area (TPSA) is 43.6 Å². The van der Waals surface area contributed by atoms with E-state index in [1.807, 2.05) is 24.3 Å². The molecule has 4 nitrogen and oxygen atoms in total. The van der Waals surface area contributed by atoms with Gasteiger partial charge in [-0.15, -0.1) is 0 Å². The zero-order valence-electron chi connectivity index (χ0n) is 11.4. The van der Waals surface area contributed by atoms with Crippen molar-refractivity contribution in [1.29, 1.82) is 0 Å². The highest BCUT2D eigenvalue weighted by Gasteiger charge is 2.13. The van der Waals surface area contributed by atoms with Gasteiger partial charge in [-0.05, 0) is 18.2 Å². The Kier molecular flexibility index (Phi) is 4.23. The maximum Gasteiger partial charge on any atom is 0.165 e. The summed E-state index contributed by atoms with van der Waals surface area (Å²) in [4.78, 5) is 0. The molecule has 0 bridgehead atoms. The second kappa shape index (κ2) is 6.48. The summed E-state index contributed by atoms with van der Waals surface area (Å²) in [6.45, 7) is 3.09. The Morgan fingerprint density at radius 2 is 2.00 bits per heavy atom. The molecule has 1 aliphatic rings. The van der Waals surface area contributed by atoms with Crippen molar-refractivity contribution in [3.8, 4) is 11.5 Å². The van der Waals surface area contributed by atoms with Crippen LogP contribution >= 0.6 is 0 Å². The summed E-state index contributed by atoms with van der Waals surface area (Å²) < 4.78 is 16.8. The molecule has 0 saturated carbocycles. The first-order valence-corrected chi connectivity index (χ1v) is 7.04. The smallest absolute Gasteiger partial charge is 0.165 e. The van der Waals surface area contributed by atoms with Gasteiger partial charge in [-0.1, -0.05) is 12.1 Å². The number of para-hydroxylation sites is 1. The Balaban J connectivity index is 1.57. The Morgan fingerprint density at radius 3 is 2.90 bits per heavy atom. The van der Waals surface area contributed by atoms with Crippen molar-refractivity contribution < 1.29 is 13.9 Å². The number of hydrogen-bond acceptors (Lipinski definition) is 4. The average molecular weight is 273 g/mol. The highest BCUT2D eigenvalue weighted by molar-refractivity contribution is 5.47. The Hall–Kier alpha value is -1.94. The number of fused-ring (bicyclic) bond motifs is 1. The van der Waals surface area contributed by atoms with Crippen LogP contribution in [0, 0.1) is 0 Å². The van der Waals surface area contributed by atoms with Crippen LogP contribution in [-0.2, 0) is 13.0 Å². The molecular formula is C16H19NO3. The van der Waals surface area contributed by atoms with E-state index < -0.39 is 0 Å². The Morgan fingerprint density at radius 1 is 1.05 bits per heavy atom. The van der Waals surface area contributed by atoms with Crippen LogP contribution in [0.4, 0.5) is 0 Å². The molecule has 106 valence electrons. The first-order valence-electron chi connectivity index (χ1n) is 7.04. The molecule has 1 aromatic heterocycles. The lowest BCUT2D eigenvalue weighted by Gasteiger charge is -2.12. The van der Waals surface area contributed by atoms with Crippen molar-refractivity contribution in [2.75, 3.05) is 19.8 Å². The van der Waals surface area contributed by atoms with Crippen molar-refractivity contribution >= 4 is 0 Å². The van der Waals surface area contributed by atoms with Gasteiger partial charge in [-0.25, -0.2) is 0 Å². The van der Waals surface area contributed by atoms with Crippen LogP contribution < -0.4 is 14.8 Å². The fourth-order valence-electron chi connectivity index (χ4n) is 2.28. The SMILES string of the molecule is c1coc(CCNCc2cccc3c2OCCCO3)c1. The van der Waals surface area contributed by atoms with Crippen LogP contribution in [0.5, 0.6) is 11.5 Å².